The van der Waals surface area contributed by atoms with Crippen molar-refractivity contribution in [1.82, 2.24) is 4.90 Å². The number of carbonyl (C=O) groups is 1. The third-order valence-corrected chi connectivity index (χ3v) is 7.68. The van der Waals surface area contributed by atoms with E-state index in [1.54, 1.807) is 0 Å². The lowest BCUT2D eigenvalue weighted by molar-refractivity contribution is -0.157. The summed E-state index contributed by atoms with van der Waals surface area (Å²) in [6, 6.07) is 49.9. The molecule has 0 unspecified atom stereocenters. The number of ether oxygens (including phenoxy) is 1. The summed E-state index contributed by atoms with van der Waals surface area (Å²) in [6.45, 7) is 2.49. The molecule has 4 nitrogen and oxygen atoms in total. The van der Waals surface area contributed by atoms with Crippen LogP contribution in [0, 0.1) is 0 Å². The summed E-state index contributed by atoms with van der Waals surface area (Å²) in [5.41, 5.74) is 3.46. The van der Waals surface area contributed by atoms with Crippen LogP contribution in [0.3, 0.4) is 0 Å². The van der Waals surface area contributed by atoms with Crippen LogP contribution in [0.5, 0.6) is 0 Å². The maximum Gasteiger partial charge on any atom is 0.341 e. The molecule has 0 saturated heterocycles. The molecule has 6 rings (SSSR count). The summed E-state index contributed by atoms with van der Waals surface area (Å²) in [6.07, 6.45) is -0.445. The van der Waals surface area contributed by atoms with E-state index in [-0.39, 0.29) is 5.97 Å². The first-order chi connectivity index (χ1) is 20.2. The van der Waals surface area contributed by atoms with Crippen LogP contribution in [0.1, 0.15) is 46.9 Å². The Labute approximate surface area is 241 Å². The Bertz CT molecular complexity index is 1610. The Kier molecular flexibility index (Phi) is 7.46. The molecule has 0 spiro atoms. The Hall–Kier alpha value is -4.96. The minimum Gasteiger partial charge on any atom is -0.456 e. The molecule has 5 aromatic carbocycles. The van der Waals surface area contributed by atoms with Crippen molar-refractivity contribution in [3.8, 4) is 0 Å². The van der Waals surface area contributed by atoms with Crippen LogP contribution in [0.2, 0.25) is 0 Å². The number of nitrogens with zero attached hydrogens (tertiary/aromatic N) is 2. The molecule has 5 aromatic rings. The normalized spacial score (nSPS) is 18.9. The molecule has 0 saturated carbocycles. The summed E-state index contributed by atoms with van der Waals surface area (Å²) >= 11 is 0. The molecule has 0 amide bonds. The van der Waals surface area contributed by atoms with Gasteiger partial charge in [0.15, 0.2) is 0 Å². The smallest absolute Gasteiger partial charge is 0.341 e. The van der Waals surface area contributed by atoms with Crippen LogP contribution in [-0.2, 0) is 21.6 Å². The molecule has 202 valence electrons. The van der Waals surface area contributed by atoms with Gasteiger partial charge in [-0.05, 0) is 29.2 Å². The highest BCUT2D eigenvalue weighted by molar-refractivity contribution is 6.04. The highest BCUT2D eigenvalue weighted by Crippen LogP contribution is 2.50. The first kappa shape index (κ1) is 26.3. The summed E-state index contributed by atoms with van der Waals surface area (Å²) in [4.78, 5) is 22.4. The van der Waals surface area contributed by atoms with Gasteiger partial charge in [-0.2, -0.15) is 0 Å². The van der Waals surface area contributed by atoms with Crippen molar-refractivity contribution in [2.45, 2.75) is 31.2 Å². The number of rotatable bonds is 8. The van der Waals surface area contributed by atoms with E-state index >= 15 is 0 Å². The molecule has 0 radical (unpaired) electrons. The second kappa shape index (κ2) is 11.6. The van der Waals surface area contributed by atoms with Crippen molar-refractivity contribution in [2.24, 2.45) is 4.99 Å². The minimum absolute atomic E-state index is 0.377. The largest absolute Gasteiger partial charge is 0.456 e. The number of benzene rings is 5. The number of hydrogen-bond acceptors (Lipinski definition) is 4. The predicted molar refractivity (Wildman–Crippen MR) is 163 cm³/mol. The van der Waals surface area contributed by atoms with E-state index in [9.17, 15) is 4.79 Å². The van der Waals surface area contributed by atoms with Gasteiger partial charge in [0, 0.05) is 12.1 Å². The summed E-state index contributed by atoms with van der Waals surface area (Å²) in [5.74, 6) is 0.384. The summed E-state index contributed by atoms with van der Waals surface area (Å²) in [7, 11) is 0. The van der Waals surface area contributed by atoms with Crippen molar-refractivity contribution >= 4 is 11.8 Å². The summed E-state index contributed by atoms with van der Waals surface area (Å²) < 4.78 is 6.34. The molecule has 0 bridgehead atoms. The Morgan fingerprint density at radius 3 is 1.85 bits per heavy atom. The van der Waals surface area contributed by atoms with Crippen LogP contribution in [0.4, 0.5) is 0 Å². The Balaban J connectivity index is 1.57. The quantitative estimate of drug-likeness (QED) is 0.189. The van der Waals surface area contributed by atoms with Gasteiger partial charge in [0.05, 0.1) is 6.04 Å². The average molecular weight is 537 g/mol. The molecule has 41 heavy (non-hydrogen) atoms. The van der Waals surface area contributed by atoms with Gasteiger partial charge in [-0.25, -0.2) is 9.79 Å². The minimum atomic E-state index is -1.34. The lowest BCUT2D eigenvalue weighted by atomic mass is 9.79. The van der Waals surface area contributed by atoms with Crippen LogP contribution >= 0.6 is 0 Å². The fraction of sp³-hybridized carbons (Fsp3) is 0.135. The van der Waals surface area contributed by atoms with E-state index < -0.39 is 17.7 Å². The van der Waals surface area contributed by atoms with Crippen LogP contribution in [0.25, 0.3) is 0 Å². The lowest BCUT2D eigenvalue weighted by Gasteiger charge is -2.37. The topological polar surface area (TPSA) is 41.9 Å². The SMILES string of the molecule is C[C@@H](OC(=O)[C@]1(c2ccccc2)N=C(c2ccccc2)N(Cc2ccccc2)[C@@H]1c1ccccc1)c1ccccc1. The van der Waals surface area contributed by atoms with Crippen molar-refractivity contribution in [1.29, 1.82) is 0 Å². The van der Waals surface area contributed by atoms with Gasteiger partial charge in [0.1, 0.15) is 11.9 Å². The van der Waals surface area contributed by atoms with E-state index in [0.717, 1.165) is 33.7 Å². The Morgan fingerprint density at radius 2 is 1.24 bits per heavy atom. The Morgan fingerprint density at radius 1 is 0.732 bits per heavy atom. The zero-order chi connectivity index (χ0) is 28.1. The van der Waals surface area contributed by atoms with Gasteiger partial charge in [-0.1, -0.05) is 152 Å². The van der Waals surface area contributed by atoms with Gasteiger partial charge in [-0.15, -0.1) is 0 Å². The zero-order valence-corrected chi connectivity index (χ0v) is 23.0. The highest BCUT2D eigenvalue weighted by atomic mass is 16.5. The van der Waals surface area contributed by atoms with Crippen molar-refractivity contribution in [3.05, 3.63) is 179 Å². The van der Waals surface area contributed by atoms with Crippen LogP contribution in [0.15, 0.2) is 157 Å². The zero-order valence-electron chi connectivity index (χ0n) is 23.0. The number of carbonyl (C=O) groups excluding carboxylic acids is 1. The third-order valence-electron chi connectivity index (χ3n) is 7.68. The first-order valence-electron chi connectivity index (χ1n) is 14.0. The van der Waals surface area contributed by atoms with E-state index in [4.69, 9.17) is 9.73 Å². The molecule has 0 N–H and O–H groups in total. The maximum absolute atomic E-state index is 14.8. The van der Waals surface area contributed by atoms with E-state index in [1.165, 1.54) is 0 Å². The van der Waals surface area contributed by atoms with E-state index in [1.807, 2.05) is 122 Å². The number of esters is 1. The van der Waals surface area contributed by atoms with E-state index in [2.05, 4.69) is 41.3 Å². The highest BCUT2D eigenvalue weighted by Gasteiger charge is 2.57. The van der Waals surface area contributed by atoms with Crippen molar-refractivity contribution < 1.29 is 9.53 Å². The maximum atomic E-state index is 14.8. The molecule has 1 aliphatic rings. The number of hydrogen-bond donors (Lipinski definition) is 0. The van der Waals surface area contributed by atoms with Crippen LogP contribution in [-0.4, -0.2) is 16.7 Å². The van der Waals surface area contributed by atoms with E-state index in [0.29, 0.717) is 6.54 Å². The van der Waals surface area contributed by atoms with Crippen molar-refractivity contribution in [2.75, 3.05) is 0 Å². The average Bonchev–Trinajstić information content (AvgIpc) is 3.39. The fourth-order valence-electron chi connectivity index (χ4n) is 5.69. The number of amidine groups is 1. The standard InChI is InChI=1S/C37H32N2O2/c1-28(30-19-9-3-10-20-30)41-36(40)37(33-25-15-6-16-26-33)34(31-21-11-4-12-22-31)39(27-29-17-7-2-8-18-29)35(38-37)32-23-13-5-14-24-32/h2-26,28,34H,27H2,1H3/t28-,34-,37-/m1/s1. The molecule has 1 aliphatic heterocycles. The monoisotopic (exact) mass is 536 g/mol. The molecule has 0 aliphatic carbocycles. The van der Waals surface area contributed by atoms with Gasteiger partial charge in [0.2, 0.25) is 5.54 Å². The molecule has 3 atom stereocenters. The first-order valence-corrected chi connectivity index (χ1v) is 14.0. The second-order valence-electron chi connectivity index (χ2n) is 10.3. The van der Waals surface area contributed by atoms with Gasteiger partial charge >= 0.3 is 5.97 Å². The van der Waals surface area contributed by atoms with Gasteiger partial charge in [-0.3, -0.25) is 0 Å². The third kappa shape index (κ3) is 5.17. The fourth-order valence-corrected chi connectivity index (χ4v) is 5.69. The summed E-state index contributed by atoms with van der Waals surface area (Å²) in [5, 5.41) is 0. The molecule has 1 heterocycles. The predicted octanol–water partition coefficient (Wildman–Crippen LogP) is 7.89. The molecule has 4 heteroatoms. The van der Waals surface area contributed by atoms with Crippen LogP contribution < -0.4 is 0 Å². The van der Waals surface area contributed by atoms with Gasteiger partial charge in [0.25, 0.3) is 0 Å². The molecule has 0 fully saturated rings. The number of aliphatic imine (C=N–C) groups is 1. The lowest BCUT2D eigenvalue weighted by Crippen LogP contribution is -2.44. The van der Waals surface area contributed by atoms with Gasteiger partial charge < -0.3 is 9.64 Å². The molecule has 0 aromatic heterocycles. The molecular weight excluding hydrogens is 504 g/mol. The second-order valence-corrected chi connectivity index (χ2v) is 10.3. The van der Waals surface area contributed by atoms with Crippen molar-refractivity contribution in [3.63, 3.8) is 0 Å². The molecular formula is C37H32N2O2.